The van der Waals surface area contributed by atoms with Gasteiger partial charge in [-0.25, -0.2) is 9.98 Å². The maximum atomic E-state index is 5.16. The fourth-order valence-electron chi connectivity index (χ4n) is 5.15. The zero-order valence-corrected chi connectivity index (χ0v) is 20.8. The number of aliphatic imine (C=N–C) groups is 2. The molecule has 0 bridgehead atoms. The van der Waals surface area contributed by atoms with Crippen LogP contribution in [0.4, 0.5) is 0 Å². The summed E-state index contributed by atoms with van der Waals surface area (Å²) >= 11 is 0. The summed E-state index contributed by atoms with van der Waals surface area (Å²) in [5, 5.41) is 8.36. The summed E-state index contributed by atoms with van der Waals surface area (Å²) in [7, 11) is 0. The third kappa shape index (κ3) is 4.14. The average Bonchev–Trinajstić information content (AvgIpc) is 3.01. The summed E-state index contributed by atoms with van der Waals surface area (Å²) in [6.07, 6.45) is -0.340. The molecule has 3 nitrogen and oxygen atoms in total. The number of fused-ring (bicyclic) bond motifs is 2. The van der Waals surface area contributed by atoms with E-state index in [0.29, 0.717) is 0 Å². The van der Waals surface area contributed by atoms with Crippen LogP contribution >= 0.6 is 0 Å². The number of hydrogen-bond acceptors (Lipinski definition) is 3. The summed E-state index contributed by atoms with van der Waals surface area (Å²) in [6.45, 7) is 0. The Morgan fingerprint density at radius 2 is 1.08 bits per heavy atom. The first-order chi connectivity index (χ1) is 18.8. The molecule has 3 heteroatoms. The first-order valence-corrected chi connectivity index (χ1v) is 12.9. The second kappa shape index (κ2) is 9.45. The third-order valence-corrected chi connectivity index (χ3v) is 7.08. The molecule has 38 heavy (non-hydrogen) atoms. The lowest BCUT2D eigenvalue weighted by Crippen LogP contribution is -2.36. The monoisotopic (exact) mass is 487 g/mol. The minimum absolute atomic E-state index is 0.340. The Kier molecular flexibility index (Phi) is 5.52. The Labute approximate surface area is 221 Å². The highest BCUT2D eigenvalue weighted by Gasteiger charge is 2.22. The quantitative estimate of drug-likeness (QED) is 0.268. The van der Waals surface area contributed by atoms with E-state index in [0.717, 1.165) is 39.3 Å². The van der Waals surface area contributed by atoms with E-state index in [-0.39, 0.29) is 6.17 Å². The molecule has 0 aliphatic carbocycles. The summed E-state index contributed by atoms with van der Waals surface area (Å²) in [4.78, 5) is 10.2. The van der Waals surface area contributed by atoms with Crippen LogP contribution in [0.3, 0.4) is 0 Å². The number of benzene rings is 6. The molecule has 1 N–H and O–H groups in total. The fourth-order valence-corrected chi connectivity index (χ4v) is 5.15. The van der Waals surface area contributed by atoms with Gasteiger partial charge in [-0.15, -0.1) is 0 Å². The Balaban J connectivity index is 1.41. The first kappa shape index (κ1) is 22.2. The van der Waals surface area contributed by atoms with E-state index in [2.05, 4.69) is 127 Å². The predicted octanol–water partition coefficient (Wildman–Crippen LogP) is 8.16. The van der Waals surface area contributed by atoms with Gasteiger partial charge in [0.25, 0.3) is 0 Å². The van der Waals surface area contributed by atoms with Crippen LogP contribution in [0.5, 0.6) is 0 Å². The number of hydrogen-bond donors (Lipinski definition) is 1. The normalized spacial score (nSPS) is 15.1. The highest BCUT2D eigenvalue weighted by atomic mass is 15.2. The van der Waals surface area contributed by atoms with Crippen LogP contribution in [-0.4, -0.2) is 11.7 Å². The topological polar surface area (TPSA) is 36.8 Å². The summed E-state index contributed by atoms with van der Waals surface area (Å²) in [6, 6.07) is 48.7. The highest BCUT2D eigenvalue weighted by Crippen LogP contribution is 2.31. The summed E-state index contributed by atoms with van der Waals surface area (Å²) in [5.41, 5.74) is 5.51. The molecular weight excluding hydrogens is 462 g/mol. The van der Waals surface area contributed by atoms with Crippen LogP contribution in [0.25, 0.3) is 32.7 Å². The maximum absolute atomic E-state index is 5.16. The van der Waals surface area contributed by atoms with Gasteiger partial charge < -0.3 is 5.32 Å². The van der Waals surface area contributed by atoms with Crippen molar-refractivity contribution < 1.29 is 0 Å². The fraction of sp³-hybridized carbons (Fsp3) is 0.0286. The van der Waals surface area contributed by atoms with Crippen molar-refractivity contribution in [2.75, 3.05) is 0 Å². The number of nitrogens with one attached hydrogen (secondary N) is 1. The molecule has 0 saturated carbocycles. The predicted molar refractivity (Wildman–Crippen MR) is 159 cm³/mol. The zero-order chi connectivity index (χ0) is 25.3. The SMILES string of the molecule is c1ccc(-c2cc(C3=NC(c4ccccc4)N=C(c4ccc5ccccc5c4)N3)c3ccccc3c2)cc1. The van der Waals surface area contributed by atoms with Gasteiger partial charge in [-0.3, -0.25) is 0 Å². The Morgan fingerprint density at radius 3 is 1.89 bits per heavy atom. The largest absolute Gasteiger partial charge is 0.324 e. The van der Waals surface area contributed by atoms with Crippen LogP contribution in [0, 0.1) is 0 Å². The van der Waals surface area contributed by atoms with Gasteiger partial charge in [0.2, 0.25) is 0 Å². The third-order valence-electron chi connectivity index (χ3n) is 7.08. The number of amidine groups is 2. The van der Waals surface area contributed by atoms with Crippen LogP contribution in [0.15, 0.2) is 150 Å². The Hall–Kier alpha value is -5.02. The molecule has 180 valence electrons. The molecule has 0 spiro atoms. The van der Waals surface area contributed by atoms with Crippen molar-refractivity contribution in [1.29, 1.82) is 0 Å². The number of rotatable bonds is 4. The van der Waals surface area contributed by atoms with Gasteiger partial charge in [0.05, 0.1) is 0 Å². The van der Waals surface area contributed by atoms with E-state index in [1.54, 1.807) is 0 Å². The smallest absolute Gasteiger partial charge is 0.169 e. The molecule has 0 amide bonds. The second-order valence-electron chi connectivity index (χ2n) is 9.54. The van der Waals surface area contributed by atoms with Crippen LogP contribution in [0.1, 0.15) is 22.9 Å². The van der Waals surface area contributed by atoms with Gasteiger partial charge in [0.1, 0.15) is 11.7 Å². The van der Waals surface area contributed by atoms with Gasteiger partial charge in [-0.1, -0.05) is 121 Å². The molecule has 1 aliphatic rings. The second-order valence-corrected chi connectivity index (χ2v) is 9.54. The molecule has 0 aromatic heterocycles. The van der Waals surface area contributed by atoms with E-state index in [1.165, 1.54) is 21.7 Å². The lowest BCUT2D eigenvalue weighted by molar-refractivity contribution is 0.756. The van der Waals surface area contributed by atoms with Crippen molar-refractivity contribution in [2.45, 2.75) is 6.17 Å². The van der Waals surface area contributed by atoms with E-state index in [1.807, 2.05) is 18.2 Å². The molecule has 0 radical (unpaired) electrons. The van der Waals surface area contributed by atoms with Gasteiger partial charge in [0.15, 0.2) is 6.17 Å². The van der Waals surface area contributed by atoms with Gasteiger partial charge in [0, 0.05) is 11.1 Å². The molecular formula is C35H25N3. The summed E-state index contributed by atoms with van der Waals surface area (Å²) < 4.78 is 0. The lowest BCUT2D eigenvalue weighted by Gasteiger charge is -2.23. The Morgan fingerprint density at radius 1 is 0.447 bits per heavy atom. The molecule has 6 aromatic carbocycles. The molecule has 0 fully saturated rings. The molecule has 1 aliphatic heterocycles. The van der Waals surface area contributed by atoms with Crippen molar-refractivity contribution in [3.05, 3.63) is 156 Å². The van der Waals surface area contributed by atoms with Gasteiger partial charge in [-0.05, 0) is 56.4 Å². The molecule has 1 heterocycles. The molecule has 1 atom stereocenters. The van der Waals surface area contributed by atoms with Crippen molar-refractivity contribution in [2.24, 2.45) is 9.98 Å². The maximum Gasteiger partial charge on any atom is 0.169 e. The van der Waals surface area contributed by atoms with E-state index >= 15 is 0 Å². The highest BCUT2D eigenvalue weighted by molar-refractivity contribution is 6.20. The van der Waals surface area contributed by atoms with Crippen LogP contribution in [0.2, 0.25) is 0 Å². The van der Waals surface area contributed by atoms with Crippen molar-refractivity contribution in [3.8, 4) is 11.1 Å². The first-order valence-electron chi connectivity index (χ1n) is 12.9. The van der Waals surface area contributed by atoms with Crippen molar-refractivity contribution >= 4 is 33.2 Å². The van der Waals surface area contributed by atoms with Gasteiger partial charge >= 0.3 is 0 Å². The minimum atomic E-state index is -0.340. The minimum Gasteiger partial charge on any atom is -0.324 e. The van der Waals surface area contributed by atoms with E-state index in [4.69, 9.17) is 9.98 Å². The van der Waals surface area contributed by atoms with Crippen LogP contribution < -0.4 is 5.32 Å². The molecule has 7 rings (SSSR count). The molecule has 6 aromatic rings. The van der Waals surface area contributed by atoms with Crippen LogP contribution in [-0.2, 0) is 0 Å². The standard InChI is InChI=1S/C35H25N3/c1-3-11-24(12-4-1)30-22-28-17-9-10-18-31(28)32(23-30)35-37-33(26-14-5-2-6-15-26)36-34(38-35)29-20-19-25-13-7-8-16-27(25)21-29/h1-23,33H,(H,36,37,38). The summed E-state index contributed by atoms with van der Waals surface area (Å²) in [5.74, 6) is 1.65. The molecule has 0 saturated heterocycles. The zero-order valence-electron chi connectivity index (χ0n) is 20.8. The van der Waals surface area contributed by atoms with E-state index in [9.17, 15) is 0 Å². The van der Waals surface area contributed by atoms with Gasteiger partial charge in [-0.2, -0.15) is 0 Å². The van der Waals surface area contributed by atoms with Crippen molar-refractivity contribution in [1.82, 2.24) is 5.32 Å². The molecule has 1 unspecified atom stereocenters. The number of nitrogens with zero attached hydrogens (tertiary/aromatic N) is 2. The average molecular weight is 488 g/mol. The lowest BCUT2D eigenvalue weighted by atomic mass is 9.95. The van der Waals surface area contributed by atoms with E-state index < -0.39 is 0 Å². The Bertz CT molecular complexity index is 1840. The van der Waals surface area contributed by atoms with Crippen molar-refractivity contribution in [3.63, 3.8) is 0 Å².